The lowest BCUT2D eigenvalue weighted by atomic mass is 9.85. The molecule has 1 saturated carbocycles. The number of amides is 1. The van der Waals surface area contributed by atoms with E-state index in [4.69, 9.17) is 10.5 Å². The van der Waals surface area contributed by atoms with Crippen LogP contribution in [0.2, 0.25) is 0 Å². The number of aryl methyl sites for hydroxylation is 1. The van der Waals surface area contributed by atoms with Crippen LogP contribution >= 0.6 is 0 Å². The third kappa shape index (κ3) is 4.83. The summed E-state index contributed by atoms with van der Waals surface area (Å²) < 4.78 is 5.97. The van der Waals surface area contributed by atoms with Crippen LogP contribution in [0.3, 0.4) is 0 Å². The summed E-state index contributed by atoms with van der Waals surface area (Å²) in [4.78, 5) is 12.6. The molecule has 3 rings (SSSR count). The molecule has 4 nitrogen and oxygen atoms in total. The van der Waals surface area contributed by atoms with Gasteiger partial charge in [-0.25, -0.2) is 0 Å². The van der Waals surface area contributed by atoms with Gasteiger partial charge in [-0.15, -0.1) is 0 Å². The smallest absolute Gasteiger partial charge is 0.227 e. The van der Waals surface area contributed by atoms with Crippen LogP contribution in [0.1, 0.15) is 36.8 Å². The van der Waals surface area contributed by atoms with E-state index in [0.29, 0.717) is 12.4 Å². The number of carbonyl (C=O) groups excluding carboxylic acids is 1. The third-order valence-electron chi connectivity index (χ3n) is 4.72. The Morgan fingerprint density at radius 3 is 2.76 bits per heavy atom. The standard InChI is InChI=1S/C21H26N2O2/c1-15-10-11-19(23-21(24)17-8-5-9-18(22)13-17)20(12-15)25-14-16-6-3-2-4-7-16/h2-4,6-7,10-12,17-18H,5,8-9,13-14,22H2,1H3,(H,23,24). The number of carbonyl (C=O) groups is 1. The van der Waals surface area contributed by atoms with Gasteiger partial charge in [0.2, 0.25) is 5.91 Å². The van der Waals surface area contributed by atoms with E-state index in [1.54, 1.807) is 0 Å². The highest BCUT2D eigenvalue weighted by atomic mass is 16.5. The van der Waals surface area contributed by atoms with Crippen molar-refractivity contribution >= 4 is 11.6 Å². The first-order valence-electron chi connectivity index (χ1n) is 8.95. The number of hydrogen-bond acceptors (Lipinski definition) is 3. The molecule has 1 aliphatic carbocycles. The van der Waals surface area contributed by atoms with Crippen LogP contribution in [0.15, 0.2) is 48.5 Å². The van der Waals surface area contributed by atoms with E-state index >= 15 is 0 Å². The molecule has 0 aliphatic heterocycles. The molecule has 2 aromatic rings. The molecule has 1 fully saturated rings. The number of nitrogens with one attached hydrogen (secondary N) is 1. The monoisotopic (exact) mass is 338 g/mol. The molecule has 2 atom stereocenters. The molecule has 1 aliphatic rings. The number of hydrogen-bond donors (Lipinski definition) is 2. The summed E-state index contributed by atoms with van der Waals surface area (Å²) in [5, 5.41) is 3.04. The van der Waals surface area contributed by atoms with E-state index in [9.17, 15) is 4.79 Å². The van der Waals surface area contributed by atoms with Crippen molar-refractivity contribution in [2.24, 2.45) is 11.7 Å². The molecule has 2 unspecified atom stereocenters. The van der Waals surface area contributed by atoms with Crippen molar-refractivity contribution in [2.45, 2.75) is 45.3 Å². The zero-order chi connectivity index (χ0) is 17.6. The number of rotatable bonds is 5. The lowest BCUT2D eigenvalue weighted by molar-refractivity contribution is -0.120. The van der Waals surface area contributed by atoms with Gasteiger partial charge in [0.05, 0.1) is 5.69 Å². The highest BCUT2D eigenvalue weighted by molar-refractivity contribution is 5.94. The number of nitrogens with two attached hydrogens (primary N) is 1. The lowest BCUT2D eigenvalue weighted by Crippen LogP contribution is -2.34. The molecule has 2 aromatic carbocycles. The van der Waals surface area contributed by atoms with Crippen molar-refractivity contribution in [3.8, 4) is 5.75 Å². The highest BCUT2D eigenvalue weighted by Crippen LogP contribution is 2.29. The van der Waals surface area contributed by atoms with E-state index in [1.165, 1.54) is 0 Å². The van der Waals surface area contributed by atoms with Crippen molar-refractivity contribution in [2.75, 3.05) is 5.32 Å². The Morgan fingerprint density at radius 2 is 2.00 bits per heavy atom. The summed E-state index contributed by atoms with van der Waals surface area (Å²) in [5.41, 5.74) is 8.94. The lowest BCUT2D eigenvalue weighted by Gasteiger charge is -2.26. The highest BCUT2D eigenvalue weighted by Gasteiger charge is 2.25. The molecule has 0 aromatic heterocycles. The molecule has 0 spiro atoms. The zero-order valence-corrected chi connectivity index (χ0v) is 14.7. The largest absolute Gasteiger partial charge is 0.487 e. The van der Waals surface area contributed by atoms with E-state index in [2.05, 4.69) is 5.32 Å². The van der Waals surface area contributed by atoms with E-state index in [1.807, 2.05) is 55.5 Å². The summed E-state index contributed by atoms with van der Waals surface area (Å²) in [5.74, 6) is 0.743. The summed E-state index contributed by atoms with van der Waals surface area (Å²) in [6.45, 7) is 2.49. The van der Waals surface area contributed by atoms with E-state index < -0.39 is 0 Å². The quantitative estimate of drug-likeness (QED) is 0.865. The maximum absolute atomic E-state index is 12.6. The van der Waals surface area contributed by atoms with Crippen LogP contribution in [0.4, 0.5) is 5.69 Å². The Morgan fingerprint density at radius 1 is 1.20 bits per heavy atom. The summed E-state index contributed by atoms with van der Waals surface area (Å²) in [7, 11) is 0. The number of anilines is 1. The Labute approximate surface area is 149 Å². The number of benzene rings is 2. The molecule has 0 radical (unpaired) electrons. The van der Waals surface area contributed by atoms with Crippen LogP contribution in [0.25, 0.3) is 0 Å². The fourth-order valence-corrected chi connectivity index (χ4v) is 3.29. The van der Waals surface area contributed by atoms with Gasteiger partial charge < -0.3 is 15.8 Å². The van der Waals surface area contributed by atoms with Crippen LogP contribution in [-0.2, 0) is 11.4 Å². The van der Waals surface area contributed by atoms with Crippen LogP contribution in [0, 0.1) is 12.8 Å². The van der Waals surface area contributed by atoms with Crippen LogP contribution in [-0.4, -0.2) is 11.9 Å². The van der Waals surface area contributed by atoms with Gasteiger partial charge >= 0.3 is 0 Å². The molecule has 25 heavy (non-hydrogen) atoms. The fourth-order valence-electron chi connectivity index (χ4n) is 3.29. The molecule has 1 amide bonds. The van der Waals surface area contributed by atoms with Crippen LogP contribution < -0.4 is 15.8 Å². The molecule has 4 heteroatoms. The van der Waals surface area contributed by atoms with Gasteiger partial charge in [-0.05, 0) is 49.4 Å². The fraction of sp³-hybridized carbons (Fsp3) is 0.381. The molecular weight excluding hydrogens is 312 g/mol. The van der Waals surface area contributed by atoms with Gasteiger partial charge in [-0.2, -0.15) is 0 Å². The predicted octanol–water partition coefficient (Wildman–Crippen LogP) is 4.03. The average Bonchev–Trinajstić information content (AvgIpc) is 2.62. The predicted molar refractivity (Wildman–Crippen MR) is 101 cm³/mol. The Hall–Kier alpha value is -2.33. The zero-order valence-electron chi connectivity index (χ0n) is 14.7. The Bertz CT molecular complexity index is 715. The average molecular weight is 338 g/mol. The molecule has 3 N–H and O–H groups in total. The van der Waals surface area contributed by atoms with Gasteiger partial charge in [0.25, 0.3) is 0 Å². The first-order chi connectivity index (χ1) is 12.1. The third-order valence-corrected chi connectivity index (χ3v) is 4.72. The molecule has 0 heterocycles. The second kappa shape index (κ2) is 8.17. The van der Waals surface area contributed by atoms with E-state index in [0.717, 1.165) is 42.5 Å². The first-order valence-corrected chi connectivity index (χ1v) is 8.95. The normalized spacial score (nSPS) is 20.1. The molecule has 0 bridgehead atoms. The first kappa shape index (κ1) is 17.5. The number of ether oxygens (including phenoxy) is 1. The maximum atomic E-state index is 12.6. The maximum Gasteiger partial charge on any atom is 0.227 e. The summed E-state index contributed by atoms with van der Waals surface area (Å²) in [6, 6.07) is 16.0. The van der Waals surface area contributed by atoms with Gasteiger partial charge in [-0.1, -0.05) is 42.8 Å². The van der Waals surface area contributed by atoms with Gasteiger partial charge in [0.1, 0.15) is 12.4 Å². The van der Waals surface area contributed by atoms with E-state index in [-0.39, 0.29) is 17.9 Å². The Balaban J connectivity index is 1.69. The van der Waals surface area contributed by atoms with Crippen molar-refractivity contribution < 1.29 is 9.53 Å². The van der Waals surface area contributed by atoms with Crippen molar-refractivity contribution in [3.05, 3.63) is 59.7 Å². The second-order valence-corrected chi connectivity index (χ2v) is 6.89. The van der Waals surface area contributed by atoms with Gasteiger partial charge in [0, 0.05) is 12.0 Å². The topological polar surface area (TPSA) is 64.4 Å². The molecule has 0 saturated heterocycles. The van der Waals surface area contributed by atoms with Gasteiger partial charge in [0.15, 0.2) is 0 Å². The molecular formula is C21H26N2O2. The summed E-state index contributed by atoms with van der Waals surface area (Å²) in [6.07, 6.45) is 3.70. The minimum atomic E-state index is -0.00738. The summed E-state index contributed by atoms with van der Waals surface area (Å²) >= 11 is 0. The Kier molecular flexibility index (Phi) is 5.71. The minimum absolute atomic E-state index is 0.00738. The van der Waals surface area contributed by atoms with Crippen molar-refractivity contribution in [1.82, 2.24) is 0 Å². The molecule has 132 valence electrons. The van der Waals surface area contributed by atoms with Gasteiger partial charge in [-0.3, -0.25) is 4.79 Å². The van der Waals surface area contributed by atoms with Crippen molar-refractivity contribution in [3.63, 3.8) is 0 Å². The van der Waals surface area contributed by atoms with Crippen molar-refractivity contribution in [1.29, 1.82) is 0 Å². The SMILES string of the molecule is Cc1ccc(NC(=O)C2CCCC(N)C2)c(OCc2ccccc2)c1. The van der Waals surface area contributed by atoms with Crippen LogP contribution in [0.5, 0.6) is 5.75 Å². The minimum Gasteiger partial charge on any atom is -0.487 e. The second-order valence-electron chi connectivity index (χ2n) is 6.89.